The van der Waals surface area contributed by atoms with Crippen molar-refractivity contribution in [2.75, 3.05) is 38.2 Å². The molecule has 0 radical (unpaired) electrons. The molecule has 8 heteroatoms. The molecular formula is C15H21N3O4S. The molecular weight excluding hydrogens is 318 g/mol. The van der Waals surface area contributed by atoms with Gasteiger partial charge in [-0.1, -0.05) is 4.89 Å². The highest BCUT2D eigenvalue weighted by Gasteiger charge is 2.26. The van der Waals surface area contributed by atoms with E-state index in [2.05, 4.69) is 9.79 Å². The fourth-order valence-corrected chi connectivity index (χ4v) is 3.84. The highest BCUT2D eigenvalue weighted by Crippen LogP contribution is 2.29. The molecule has 2 aliphatic rings. The zero-order valence-electron chi connectivity index (χ0n) is 13.1. The summed E-state index contributed by atoms with van der Waals surface area (Å²) in [4.78, 5) is 22.8. The first-order valence-electron chi connectivity index (χ1n) is 7.73. The third-order valence-corrected chi connectivity index (χ3v) is 5.53. The van der Waals surface area contributed by atoms with Gasteiger partial charge in [0.2, 0.25) is 5.91 Å². The number of sulfonamides is 1. The van der Waals surface area contributed by atoms with Crippen LogP contribution in [-0.4, -0.2) is 52.5 Å². The molecule has 1 fully saturated rings. The van der Waals surface area contributed by atoms with E-state index in [0.717, 1.165) is 24.3 Å². The number of amides is 1. The maximum Gasteiger partial charge on any atom is 0.262 e. The van der Waals surface area contributed by atoms with Gasteiger partial charge in [-0.05, 0) is 49.7 Å². The molecule has 23 heavy (non-hydrogen) atoms. The molecule has 0 bridgehead atoms. The molecule has 0 atom stereocenters. The number of nitrogens with zero attached hydrogens (tertiary/aromatic N) is 2. The van der Waals surface area contributed by atoms with Gasteiger partial charge in [0, 0.05) is 19.3 Å². The Balaban J connectivity index is 1.59. The number of hydrogen-bond acceptors (Lipinski definition) is 5. The Morgan fingerprint density at radius 3 is 2.74 bits per heavy atom. The van der Waals surface area contributed by atoms with Crippen molar-refractivity contribution < 1.29 is 18.0 Å². The van der Waals surface area contributed by atoms with Crippen LogP contribution in [0.1, 0.15) is 18.4 Å². The Kier molecular flexibility index (Phi) is 4.67. The van der Waals surface area contributed by atoms with E-state index < -0.39 is 10.0 Å². The summed E-state index contributed by atoms with van der Waals surface area (Å²) in [5.74, 6) is -0.0376. The average molecular weight is 339 g/mol. The van der Waals surface area contributed by atoms with Crippen LogP contribution in [0, 0.1) is 0 Å². The zero-order chi connectivity index (χ0) is 16.4. The van der Waals surface area contributed by atoms with E-state index in [9.17, 15) is 13.2 Å². The summed E-state index contributed by atoms with van der Waals surface area (Å²) in [6.45, 7) is 3.11. The second-order valence-corrected chi connectivity index (χ2v) is 7.55. The molecule has 0 unspecified atom stereocenters. The number of benzene rings is 1. The first kappa shape index (κ1) is 16.4. The largest absolute Gasteiger partial charge is 0.315 e. The molecule has 1 amide bonds. The van der Waals surface area contributed by atoms with E-state index in [1.54, 1.807) is 13.1 Å². The SMILES string of the molecule is CN1C(=O)Cc2cc(S(=O)(=O)NOCCN3CCCC3)ccc21. The number of hydrogen-bond donors (Lipinski definition) is 1. The van der Waals surface area contributed by atoms with Gasteiger partial charge in [0.25, 0.3) is 10.0 Å². The van der Waals surface area contributed by atoms with Crippen molar-refractivity contribution in [2.45, 2.75) is 24.2 Å². The molecule has 1 N–H and O–H groups in total. The van der Waals surface area contributed by atoms with Gasteiger partial charge in [-0.3, -0.25) is 9.63 Å². The highest BCUT2D eigenvalue weighted by atomic mass is 32.2. The maximum absolute atomic E-state index is 12.2. The standard InChI is InChI=1S/C15H21N3O4S/c1-17-14-5-4-13(10-12(14)11-15(17)19)23(20,21)16-22-9-8-18-6-2-3-7-18/h4-5,10,16H,2-3,6-9,11H2,1H3. The number of fused-ring (bicyclic) bond motifs is 1. The minimum Gasteiger partial charge on any atom is -0.315 e. The Morgan fingerprint density at radius 1 is 1.26 bits per heavy atom. The summed E-state index contributed by atoms with van der Waals surface area (Å²) >= 11 is 0. The van der Waals surface area contributed by atoms with Crippen molar-refractivity contribution in [3.8, 4) is 0 Å². The number of nitrogens with one attached hydrogen (secondary N) is 1. The third kappa shape index (κ3) is 3.55. The van der Waals surface area contributed by atoms with Crippen molar-refractivity contribution in [1.29, 1.82) is 0 Å². The van der Waals surface area contributed by atoms with Gasteiger partial charge in [0.1, 0.15) is 0 Å². The zero-order valence-corrected chi connectivity index (χ0v) is 13.9. The van der Waals surface area contributed by atoms with E-state index in [4.69, 9.17) is 4.84 Å². The predicted molar refractivity (Wildman–Crippen MR) is 85.5 cm³/mol. The van der Waals surface area contributed by atoms with Crippen LogP contribution in [0.25, 0.3) is 0 Å². The number of carbonyl (C=O) groups is 1. The van der Waals surface area contributed by atoms with Crippen LogP contribution in [0.5, 0.6) is 0 Å². The summed E-state index contributed by atoms with van der Waals surface area (Å²) in [6, 6.07) is 4.67. The van der Waals surface area contributed by atoms with E-state index in [1.165, 1.54) is 29.9 Å². The molecule has 126 valence electrons. The van der Waals surface area contributed by atoms with Crippen LogP contribution in [0.4, 0.5) is 5.69 Å². The molecule has 2 aliphatic heterocycles. The van der Waals surface area contributed by atoms with Crippen molar-refractivity contribution in [3.63, 3.8) is 0 Å². The lowest BCUT2D eigenvalue weighted by Gasteiger charge is -2.14. The fraction of sp³-hybridized carbons (Fsp3) is 0.533. The Labute approximate surface area is 136 Å². The Hall–Kier alpha value is -1.48. The molecule has 1 aromatic rings. The molecule has 2 heterocycles. The first-order chi connectivity index (χ1) is 11.0. The molecule has 0 aliphatic carbocycles. The van der Waals surface area contributed by atoms with Crippen LogP contribution >= 0.6 is 0 Å². The van der Waals surface area contributed by atoms with E-state index in [1.807, 2.05) is 0 Å². The lowest BCUT2D eigenvalue weighted by molar-refractivity contribution is -0.117. The normalized spacial score (nSPS) is 18.7. The molecule has 1 aromatic carbocycles. The van der Waals surface area contributed by atoms with Gasteiger partial charge >= 0.3 is 0 Å². The van der Waals surface area contributed by atoms with Crippen molar-refractivity contribution in [2.24, 2.45) is 0 Å². The van der Waals surface area contributed by atoms with Gasteiger partial charge in [-0.15, -0.1) is 0 Å². The van der Waals surface area contributed by atoms with Crippen LogP contribution in [-0.2, 0) is 26.1 Å². The van der Waals surface area contributed by atoms with Gasteiger partial charge in [-0.25, -0.2) is 8.42 Å². The summed E-state index contributed by atoms with van der Waals surface area (Å²) < 4.78 is 24.5. The van der Waals surface area contributed by atoms with Crippen LogP contribution in [0.2, 0.25) is 0 Å². The second kappa shape index (κ2) is 6.56. The number of likely N-dealkylation sites (N-methyl/N-ethyl adjacent to an activating group) is 1. The fourth-order valence-electron chi connectivity index (χ4n) is 2.96. The van der Waals surface area contributed by atoms with Gasteiger partial charge in [0.05, 0.1) is 17.9 Å². The molecule has 1 saturated heterocycles. The van der Waals surface area contributed by atoms with E-state index in [0.29, 0.717) is 13.2 Å². The highest BCUT2D eigenvalue weighted by molar-refractivity contribution is 7.89. The minimum absolute atomic E-state index is 0.0376. The molecule has 0 spiro atoms. The second-order valence-electron chi connectivity index (χ2n) is 5.90. The predicted octanol–water partition coefficient (Wildman–Crippen LogP) is 0.511. The van der Waals surface area contributed by atoms with Gasteiger partial charge in [-0.2, -0.15) is 0 Å². The van der Waals surface area contributed by atoms with Crippen LogP contribution < -0.4 is 9.79 Å². The summed E-state index contributed by atoms with van der Waals surface area (Å²) in [5.41, 5.74) is 1.47. The van der Waals surface area contributed by atoms with Crippen LogP contribution in [0.15, 0.2) is 23.1 Å². The molecule has 0 aromatic heterocycles. The molecule has 3 rings (SSSR count). The van der Waals surface area contributed by atoms with Gasteiger partial charge < -0.3 is 9.80 Å². The first-order valence-corrected chi connectivity index (χ1v) is 9.21. The maximum atomic E-state index is 12.2. The van der Waals surface area contributed by atoms with Crippen molar-refractivity contribution in [3.05, 3.63) is 23.8 Å². The Morgan fingerprint density at radius 2 is 2.00 bits per heavy atom. The van der Waals surface area contributed by atoms with Crippen molar-refractivity contribution >= 4 is 21.6 Å². The topological polar surface area (TPSA) is 79.0 Å². The van der Waals surface area contributed by atoms with E-state index in [-0.39, 0.29) is 17.2 Å². The molecule has 0 saturated carbocycles. The number of likely N-dealkylation sites (tertiary alicyclic amines) is 1. The van der Waals surface area contributed by atoms with Crippen molar-refractivity contribution in [1.82, 2.24) is 9.79 Å². The number of rotatable bonds is 6. The van der Waals surface area contributed by atoms with Crippen LogP contribution in [0.3, 0.4) is 0 Å². The monoisotopic (exact) mass is 339 g/mol. The smallest absolute Gasteiger partial charge is 0.262 e. The van der Waals surface area contributed by atoms with Gasteiger partial charge in [0.15, 0.2) is 0 Å². The Bertz CT molecular complexity index is 699. The lowest BCUT2D eigenvalue weighted by atomic mass is 10.2. The molecule has 7 nitrogen and oxygen atoms in total. The summed E-state index contributed by atoms with van der Waals surface area (Å²) in [6.07, 6.45) is 2.60. The third-order valence-electron chi connectivity index (χ3n) is 4.32. The summed E-state index contributed by atoms with van der Waals surface area (Å²) in [7, 11) is -2.05. The summed E-state index contributed by atoms with van der Waals surface area (Å²) in [5, 5.41) is 0. The average Bonchev–Trinajstić information content (AvgIpc) is 3.13. The quantitative estimate of drug-likeness (QED) is 0.603. The number of anilines is 1. The number of carbonyl (C=O) groups excluding carboxylic acids is 1. The van der Waals surface area contributed by atoms with E-state index >= 15 is 0 Å². The lowest BCUT2D eigenvalue weighted by Crippen LogP contribution is -2.30. The minimum atomic E-state index is -3.73.